The summed E-state index contributed by atoms with van der Waals surface area (Å²) in [6.45, 7) is 3.48. The molecule has 4 rings (SSSR count). The first-order valence-corrected chi connectivity index (χ1v) is 9.21. The third kappa shape index (κ3) is 3.77. The first-order valence-electron chi connectivity index (χ1n) is 8.83. The van der Waals surface area contributed by atoms with Crippen LogP contribution >= 0.6 is 11.6 Å². The number of fused-ring (bicyclic) bond motifs is 1. The van der Waals surface area contributed by atoms with Crippen LogP contribution in [0.1, 0.15) is 13.3 Å². The molecule has 146 valence electrons. The Labute approximate surface area is 165 Å². The summed E-state index contributed by atoms with van der Waals surface area (Å²) in [5.74, 6) is 0.748. The van der Waals surface area contributed by atoms with E-state index in [0.29, 0.717) is 29.2 Å². The lowest BCUT2D eigenvalue weighted by molar-refractivity contribution is 0.186. The van der Waals surface area contributed by atoms with Gasteiger partial charge in [-0.25, -0.2) is 4.79 Å². The van der Waals surface area contributed by atoms with Crippen molar-refractivity contribution in [3.63, 3.8) is 0 Å². The molecule has 3 aromatic rings. The van der Waals surface area contributed by atoms with Crippen LogP contribution in [0.15, 0.2) is 30.6 Å². The highest BCUT2D eigenvalue weighted by Crippen LogP contribution is 2.31. The van der Waals surface area contributed by atoms with E-state index in [9.17, 15) is 4.79 Å². The van der Waals surface area contributed by atoms with Crippen LogP contribution in [0.3, 0.4) is 0 Å². The van der Waals surface area contributed by atoms with Gasteiger partial charge in [0.2, 0.25) is 0 Å². The van der Waals surface area contributed by atoms with Gasteiger partial charge in [-0.15, -0.1) is 10.2 Å². The Kier molecular flexibility index (Phi) is 4.86. The van der Waals surface area contributed by atoms with Gasteiger partial charge in [-0.1, -0.05) is 18.5 Å². The van der Waals surface area contributed by atoms with Crippen LogP contribution in [0.5, 0.6) is 0 Å². The fraction of sp³-hybridized carbons (Fsp3) is 0.353. The molecule has 0 radical (unpaired) electrons. The van der Waals surface area contributed by atoms with E-state index >= 15 is 0 Å². The number of hydrogen-bond acceptors (Lipinski definition) is 7. The smallest absolute Gasteiger partial charge is 0.404 e. The number of hydrogen-bond donors (Lipinski definition) is 3. The van der Waals surface area contributed by atoms with Crippen molar-refractivity contribution in [1.82, 2.24) is 30.1 Å². The maximum atomic E-state index is 11.1. The molecule has 0 aromatic carbocycles. The highest BCUT2D eigenvalue weighted by molar-refractivity contribution is 6.29. The summed E-state index contributed by atoms with van der Waals surface area (Å²) in [6.07, 6.45) is 3.19. The lowest BCUT2D eigenvalue weighted by Crippen LogP contribution is -2.50. The van der Waals surface area contributed by atoms with E-state index in [1.54, 1.807) is 24.5 Å². The minimum Gasteiger partial charge on any atom is -0.465 e. The summed E-state index contributed by atoms with van der Waals surface area (Å²) in [4.78, 5) is 17.4. The average Bonchev–Trinajstić information content (AvgIpc) is 3.03. The molecular weight excluding hydrogens is 384 g/mol. The third-order valence-electron chi connectivity index (χ3n) is 4.60. The van der Waals surface area contributed by atoms with E-state index in [1.165, 1.54) is 4.52 Å². The van der Waals surface area contributed by atoms with E-state index in [-0.39, 0.29) is 6.04 Å². The second kappa shape index (κ2) is 7.47. The summed E-state index contributed by atoms with van der Waals surface area (Å²) >= 11 is 5.99. The molecule has 0 aliphatic carbocycles. The number of aromatic nitrogens is 5. The quantitative estimate of drug-likeness (QED) is 0.608. The van der Waals surface area contributed by atoms with E-state index in [0.717, 1.165) is 24.3 Å². The summed E-state index contributed by atoms with van der Waals surface area (Å²) in [6, 6.07) is 5.13. The van der Waals surface area contributed by atoms with Gasteiger partial charge in [0.1, 0.15) is 5.15 Å². The minimum atomic E-state index is -1.01. The normalized spacial score (nSPS) is 19.6. The lowest BCUT2D eigenvalue weighted by Gasteiger charge is -2.38. The second-order valence-corrected chi connectivity index (χ2v) is 7.25. The largest absolute Gasteiger partial charge is 0.465 e. The topological polar surface area (TPSA) is 121 Å². The van der Waals surface area contributed by atoms with Crippen molar-refractivity contribution in [1.29, 1.82) is 0 Å². The van der Waals surface area contributed by atoms with Crippen molar-refractivity contribution in [3.05, 3.63) is 35.7 Å². The van der Waals surface area contributed by atoms with E-state index in [4.69, 9.17) is 16.7 Å². The molecular formula is C17H19ClN8O2. The van der Waals surface area contributed by atoms with Gasteiger partial charge < -0.3 is 20.6 Å². The van der Waals surface area contributed by atoms with Crippen molar-refractivity contribution in [3.8, 4) is 0 Å². The first-order chi connectivity index (χ1) is 13.5. The van der Waals surface area contributed by atoms with Crippen LogP contribution in [-0.4, -0.2) is 55.1 Å². The molecule has 0 saturated carbocycles. The number of rotatable bonds is 4. The van der Waals surface area contributed by atoms with E-state index in [2.05, 4.69) is 42.7 Å². The fourth-order valence-corrected chi connectivity index (χ4v) is 3.69. The van der Waals surface area contributed by atoms with Crippen molar-refractivity contribution in [2.45, 2.75) is 19.4 Å². The number of halogens is 1. The van der Waals surface area contributed by atoms with Gasteiger partial charge >= 0.3 is 6.09 Å². The Balaban J connectivity index is 1.63. The number of pyridine rings is 1. The summed E-state index contributed by atoms with van der Waals surface area (Å²) in [5, 5.41) is 27.6. The minimum absolute atomic E-state index is 0.142. The molecule has 0 unspecified atom stereocenters. The lowest BCUT2D eigenvalue weighted by atomic mass is 9.95. The number of nitrogens with one attached hydrogen (secondary N) is 2. The summed E-state index contributed by atoms with van der Waals surface area (Å²) < 4.78 is 1.52. The predicted octanol–water partition coefficient (Wildman–Crippen LogP) is 2.40. The molecule has 1 amide bonds. The molecule has 1 aliphatic rings. The number of anilines is 3. The molecule has 0 bridgehead atoms. The number of nitrogens with zero attached hydrogens (tertiary/aromatic N) is 6. The molecule has 3 N–H and O–H groups in total. The monoisotopic (exact) mass is 402 g/mol. The first kappa shape index (κ1) is 18.2. The molecule has 1 aliphatic heterocycles. The summed E-state index contributed by atoms with van der Waals surface area (Å²) in [5.41, 5.74) is 2.19. The van der Waals surface area contributed by atoms with Crippen LogP contribution in [-0.2, 0) is 0 Å². The van der Waals surface area contributed by atoms with Crippen LogP contribution < -0.4 is 15.5 Å². The molecule has 1 fully saturated rings. The molecule has 3 aromatic heterocycles. The predicted molar refractivity (Wildman–Crippen MR) is 104 cm³/mol. The third-order valence-corrected chi connectivity index (χ3v) is 4.80. The second-order valence-electron chi connectivity index (χ2n) is 6.86. The molecule has 1 saturated heterocycles. The average molecular weight is 403 g/mol. The van der Waals surface area contributed by atoms with Gasteiger partial charge in [-0.3, -0.25) is 4.98 Å². The van der Waals surface area contributed by atoms with Crippen molar-refractivity contribution < 1.29 is 9.90 Å². The van der Waals surface area contributed by atoms with Crippen LogP contribution in [0.2, 0.25) is 5.15 Å². The maximum Gasteiger partial charge on any atom is 0.404 e. The standard InChI is InChI=1S/C17H19ClN8O2/c1-10-6-11(20-17(27)28)9-25(8-10)13-4-5-19-7-12(13)21-16-23-22-15-3-2-14(18)24-26(15)16/h2-5,7,10-11,20H,6,8-9H2,1H3,(H,21,23)(H,27,28)/t10-,11+/m0/s1. The van der Waals surface area contributed by atoms with Crippen molar-refractivity contribution >= 4 is 40.7 Å². The van der Waals surface area contributed by atoms with Crippen LogP contribution in [0.4, 0.5) is 22.1 Å². The molecule has 28 heavy (non-hydrogen) atoms. The molecule has 0 spiro atoms. The van der Waals surface area contributed by atoms with Gasteiger partial charge in [-0.05, 0) is 30.5 Å². The Morgan fingerprint density at radius 2 is 2.14 bits per heavy atom. The van der Waals surface area contributed by atoms with Gasteiger partial charge in [-0.2, -0.15) is 9.61 Å². The van der Waals surface area contributed by atoms with Crippen LogP contribution in [0.25, 0.3) is 5.65 Å². The van der Waals surface area contributed by atoms with Crippen molar-refractivity contribution in [2.24, 2.45) is 5.92 Å². The summed E-state index contributed by atoms with van der Waals surface area (Å²) in [7, 11) is 0. The Hall–Kier alpha value is -3.14. The number of amides is 1. The van der Waals surface area contributed by atoms with Gasteiger partial charge in [0.05, 0.1) is 17.6 Å². The molecule has 10 nitrogen and oxygen atoms in total. The van der Waals surface area contributed by atoms with Gasteiger partial charge in [0, 0.05) is 25.3 Å². The molecule has 2 atom stereocenters. The van der Waals surface area contributed by atoms with Crippen molar-refractivity contribution in [2.75, 3.05) is 23.3 Å². The number of carbonyl (C=O) groups is 1. The molecule has 11 heteroatoms. The highest BCUT2D eigenvalue weighted by Gasteiger charge is 2.27. The SMILES string of the molecule is C[C@H]1C[C@@H](NC(=O)O)CN(c2ccncc2Nc2nnc3ccc(Cl)nn23)C1. The number of carboxylic acid groups (broad SMARTS) is 1. The zero-order valence-corrected chi connectivity index (χ0v) is 15.8. The highest BCUT2D eigenvalue weighted by atomic mass is 35.5. The zero-order valence-electron chi connectivity index (χ0n) is 15.1. The Bertz CT molecular complexity index is 1010. The van der Waals surface area contributed by atoms with Gasteiger partial charge in [0.15, 0.2) is 5.65 Å². The van der Waals surface area contributed by atoms with E-state index < -0.39 is 6.09 Å². The molecule has 4 heterocycles. The number of piperidine rings is 1. The van der Waals surface area contributed by atoms with Gasteiger partial charge in [0.25, 0.3) is 5.95 Å². The Morgan fingerprint density at radius 1 is 1.29 bits per heavy atom. The fourth-order valence-electron chi connectivity index (χ4n) is 3.55. The Morgan fingerprint density at radius 3 is 2.96 bits per heavy atom. The zero-order chi connectivity index (χ0) is 19.7. The van der Waals surface area contributed by atoms with E-state index in [1.807, 2.05) is 6.07 Å². The van der Waals surface area contributed by atoms with Crippen LogP contribution in [0, 0.1) is 5.92 Å². The maximum absolute atomic E-state index is 11.1.